The number of rotatable bonds is 6. The van der Waals surface area contributed by atoms with Gasteiger partial charge in [-0.05, 0) is 57.2 Å². The molecule has 0 unspecified atom stereocenters. The van der Waals surface area contributed by atoms with Crippen molar-refractivity contribution in [1.82, 2.24) is 14.5 Å². The zero-order valence-electron chi connectivity index (χ0n) is 17.6. The van der Waals surface area contributed by atoms with Gasteiger partial charge in [-0.2, -0.15) is 0 Å². The second-order valence-electron chi connectivity index (χ2n) is 8.63. The molecule has 0 radical (unpaired) electrons. The van der Waals surface area contributed by atoms with Crippen molar-refractivity contribution in [3.05, 3.63) is 33.8 Å². The topological polar surface area (TPSA) is 69.7 Å². The molecule has 3 rings (SSSR count). The maximum absolute atomic E-state index is 12.9. The Bertz CT molecular complexity index is 847. The summed E-state index contributed by atoms with van der Waals surface area (Å²) < 4.78 is 27.9. The van der Waals surface area contributed by atoms with Crippen molar-refractivity contribution < 1.29 is 13.2 Å². The third kappa shape index (κ3) is 6.33. The number of benzene rings is 1. The van der Waals surface area contributed by atoms with Crippen LogP contribution in [0.3, 0.4) is 0 Å². The number of hydrogen-bond acceptors (Lipinski definition) is 4. The lowest BCUT2D eigenvalue weighted by atomic mass is 9.85. The predicted molar refractivity (Wildman–Crippen MR) is 121 cm³/mol. The summed E-state index contributed by atoms with van der Waals surface area (Å²) in [5.41, 5.74) is 0.598. The first-order valence-electron chi connectivity index (χ1n) is 10.6. The molecule has 1 saturated carbocycles. The molecule has 6 nitrogen and oxygen atoms in total. The monoisotopic (exact) mass is 475 g/mol. The summed E-state index contributed by atoms with van der Waals surface area (Å²) >= 11 is 11.9. The largest absolute Gasteiger partial charge is 0.340 e. The van der Waals surface area contributed by atoms with Crippen LogP contribution in [0, 0.1) is 5.92 Å². The lowest BCUT2D eigenvalue weighted by Gasteiger charge is -2.39. The van der Waals surface area contributed by atoms with Crippen LogP contribution in [0.15, 0.2) is 18.2 Å². The second-order valence-corrected chi connectivity index (χ2v) is 11.2. The van der Waals surface area contributed by atoms with Gasteiger partial charge in [-0.15, -0.1) is 0 Å². The molecule has 168 valence electrons. The third-order valence-corrected chi connectivity index (χ3v) is 8.26. The van der Waals surface area contributed by atoms with Crippen LogP contribution in [0.1, 0.15) is 45.1 Å². The molecule has 1 amide bonds. The smallest absolute Gasteiger partial charge is 0.225 e. The summed E-state index contributed by atoms with van der Waals surface area (Å²) in [5, 5.41) is 0.747. The van der Waals surface area contributed by atoms with Crippen LogP contribution in [0.5, 0.6) is 0 Å². The average molecular weight is 476 g/mol. The van der Waals surface area contributed by atoms with E-state index in [1.807, 2.05) is 4.90 Å². The van der Waals surface area contributed by atoms with Gasteiger partial charge in [0.1, 0.15) is 0 Å². The van der Waals surface area contributed by atoms with Gasteiger partial charge < -0.3 is 4.90 Å². The van der Waals surface area contributed by atoms with Gasteiger partial charge in [0.15, 0.2) is 0 Å². The Morgan fingerprint density at radius 3 is 2.27 bits per heavy atom. The molecule has 0 aromatic heterocycles. The summed E-state index contributed by atoms with van der Waals surface area (Å²) in [6.07, 6.45) is 2.82. The number of halogens is 2. The van der Waals surface area contributed by atoms with Gasteiger partial charge >= 0.3 is 0 Å². The average Bonchev–Trinajstić information content (AvgIpc) is 2.70. The second kappa shape index (κ2) is 10.2. The quantitative estimate of drug-likeness (QED) is 0.682. The Hall–Kier alpha value is -0.860. The Labute approximate surface area is 189 Å². The minimum Gasteiger partial charge on any atom is -0.340 e. The predicted octanol–water partition coefficient (Wildman–Crippen LogP) is 3.52. The van der Waals surface area contributed by atoms with Crippen LogP contribution < -0.4 is 4.72 Å². The van der Waals surface area contributed by atoms with Gasteiger partial charge in [0.25, 0.3) is 0 Å². The fourth-order valence-corrected chi connectivity index (χ4v) is 6.09. The number of hydrogen-bond donors (Lipinski definition) is 1. The van der Waals surface area contributed by atoms with Crippen LogP contribution in [-0.2, 0) is 20.6 Å². The summed E-state index contributed by atoms with van der Waals surface area (Å²) in [6.45, 7) is 7.78. The van der Waals surface area contributed by atoms with Gasteiger partial charge in [0.2, 0.25) is 15.9 Å². The molecule has 0 atom stereocenters. The third-order valence-electron chi connectivity index (χ3n) is 6.12. The summed E-state index contributed by atoms with van der Waals surface area (Å²) in [7, 11) is -3.49. The van der Waals surface area contributed by atoms with Gasteiger partial charge in [-0.25, -0.2) is 13.1 Å². The number of nitrogens with one attached hydrogen (secondary N) is 1. The van der Waals surface area contributed by atoms with Gasteiger partial charge in [-0.3, -0.25) is 9.69 Å². The van der Waals surface area contributed by atoms with Gasteiger partial charge in [-0.1, -0.05) is 29.3 Å². The minimum absolute atomic E-state index is 0.00595. The molecule has 1 aliphatic carbocycles. The molecule has 1 aromatic rings. The highest BCUT2D eigenvalue weighted by molar-refractivity contribution is 7.88. The highest BCUT2D eigenvalue weighted by atomic mass is 35.5. The van der Waals surface area contributed by atoms with Crippen molar-refractivity contribution in [1.29, 1.82) is 0 Å². The van der Waals surface area contributed by atoms with E-state index in [1.165, 1.54) is 0 Å². The summed E-state index contributed by atoms with van der Waals surface area (Å²) in [6, 6.07) is 5.24. The molecule has 9 heteroatoms. The van der Waals surface area contributed by atoms with Crippen LogP contribution in [0.25, 0.3) is 0 Å². The van der Waals surface area contributed by atoms with Crippen molar-refractivity contribution in [2.45, 2.75) is 57.4 Å². The fraction of sp³-hybridized carbons (Fsp3) is 0.667. The molecule has 1 aliphatic heterocycles. The maximum atomic E-state index is 12.9. The summed E-state index contributed by atoms with van der Waals surface area (Å²) in [4.78, 5) is 17.2. The van der Waals surface area contributed by atoms with Crippen LogP contribution >= 0.6 is 23.2 Å². The first-order valence-corrected chi connectivity index (χ1v) is 13.0. The molecule has 2 aliphatic rings. The number of amides is 1. The van der Waals surface area contributed by atoms with E-state index in [9.17, 15) is 13.2 Å². The van der Waals surface area contributed by atoms with E-state index in [1.54, 1.807) is 18.2 Å². The molecule has 0 bridgehead atoms. The van der Waals surface area contributed by atoms with E-state index >= 15 is 0 Å². The molecular formula is C21H31Cl2N3O3S. The van der Waals surface area contributed by atoms with Crippen LogP contribution in [0.2, 0.25) is 10.0 Å². The Morgan fingerprint density at radius 2 is 1.70 bits per heavy atom. The number of sulfonamides is 1. The fourth-order valence-electron chi connectivity index (χ4n) is 4.32. The number of carbonyl (C=O) groups excluding carboxylic acids is 1. The first kappa shape index (κ1) is 23.8. The SMILES string of the molecule is CC(C)N1CCN(C(=O)[C@H]2CC[C@@H](NS(=O)(=O)Cc3ccc(Cl)c(Cl)c3)CC2)CC1. The summed E-state index contributed by atoms with van der Waals surface area (Å²) in [5.74, 6) is 0.102. The van der Waals surface area contributed by atoms with Crippen molar-refractivity contribution >= 4 is 39.1 Å². The minimum atomic E-state index is -3.49. The lowest BCUT2D eigenvalue weighted by molar-refractivity contribution is -0.138. The molecule has 1 saturated heterocycles. The normalized spacial score (nSPS) is 23.7. The first-order chi connectivity index (χ1) is 14.1. The highest BCUT2D eigenvalue weighted by Crippen LogP contribution is 2.28. The number of nitrogens with zero attached hydrogens (tertiary/aromatic N) is 2. The zero-order chi connectivity index (χ0) is 21.9. The molecule has 1 aromatic carbocycles. The van der Waals surface area contributed by atoms with E-state index in [0.717, 1.165) is 39.0 Å². The zero-order valence-corrected chi connectivity index (χ0v) is 19.9. The molecule has 1 N–H and O–H groups in total. The molecule has 1 heterocycles. The van der Waals surface area contributed by atoms with Crippen molar-refractivity contribution in [3.8, 4) is 0 Å². The van der Waals surface area contributed by atoms with E-state index in [4.69, 9.17) is 23.2 Å². The van der Waals surface area contributed by atoms with E-state index in [0.29, 0.717) is 34.5 Å². The van der Waals surface area contributed by atoms with Crippen LogP contribution in [0.4, 0.5) is 0 Å². The Morgan fingerprint density at radius 1 is 1.07 bits per heavy atom. The van der Waals surface area contributed by atoms with Crippen molar-refractivity contribution in [2.75, 3.05) is 26.2 Å². The molecular weight excluding hydrogens is 445 g/mol. The number of carbonyl (C=O) groups is 1. The molecule has 2 fully saturated rings. The Balaban J connectivity index is 1.47. The Kier molecular flexibility index (Phi) is 8.07. The van der Waals surface area contributed by atoms with Crippen molar-refractivity contribution in [2.24, 2.45) is 5.92 Å². The number of piperazine rings is 1. The van der Waals surface area contributed by atoms with Crippen LogP contribution in [-0.4, -0.2) is 62.4 Å². The van der Waals surface area contributed by atoms with E-state index < -0.39 is 10.0 Å². The van der Waals surface area contributed by atoms with E-state index in [-0.39, 0.29) is 23.6 Å². The highest BCUT2D eigenvalue weighted by Gasteiger charge is 2.32. The maximum Gasteiger partial charge on any atom is 0.225 e. The van der Waals surface area contributed by atoms with Crippen molar-refractivity contribution in [3.63, 3.8) is 0 Å². The van der Waals surface area contributed by atoms with E-state index in [2.05, 4.69) is 23.5 Å². The molecule has 0 spiro atoms. The molecule has 30 heavy (non-hydrogen) atoms. The van der Waals surface area contributed by atoms with Gasteiger partial charge in [0.05, 0.1) is 15.8 Å². The standard InChI is InChI=1S/C21H31Cl2N3O3S/c1-15(2)25-9-11-26(12-10-25)21(27)17-4-6-18(7-5-17)24-30(28,29)14-16-3-8-19(22)20(23)13-16/h3,8,13,15,17-18,24H,4-7,9-12,14H2,1-2H3/t17-,18+. The van der Waals surface area contributed by atoms with Gasteiger partial charge in [0, 0.05) is 44.2 Å². The lowest BCUT2D eigenvalue weighted by Crippen LogP contribution is -2.52.